The molecule has 3 aromatic rings. The van der Waals surface area contributed by atoms with E-state index in [1.807, 2.05) is 0 Å². The Kier molecular flexibility index (Phi) is 6.68. The number of nitrogens with one attached hydrogen (secondary N) is 2. The van der Waals surface area contributed by atoms with Crippen molar-refractivity contribution in [2.75, 3.05) is 15.4 Å². The van der Waals surface area contributed by atoms with Crippen LogP contribution in [-0.4, -0.2) is 31.3 Å². The average molecular weight is 514 g/mol. The van der Waals surface area contributed by atoms with Gasteiger partial charge in [0.1, 0.15) is 11.9 Å². The minimum Gasteiger partial charge on any atom is -0.384 e. The minimum atomic E-state index is -4.24. The third-order valence-corrected chi connectivity index (χ3v) is 8.06. The Morgan fingerprint density at radius 3 is 2.66 bits per heavy atom. The quantitative estimate of drug-likeness (QED) is 0.463. The lowest BCUT2D eigenvalue weighted by atomic mass is 10.1. The number of fused-ring (bicyclic) bond motifs is 1. The van der Waals surface area contributed by atoms with Crippen LogP contribution in [0.5, 0.6) is 0 Å². The summed E-state index contributed by atoms with van der Waals surface area (Å²) >= 11 is 6.18. The first-order valence-electron chi connectivity index (χ1n) is 10.8. The molecule has 0 fully saturated rings. The molecule has 2 heterocycles. The van der Waals surface area contributed by atoms with Gasteiger partial charge in [0.25, 0.3) is 10.0 Å². The number of halogens is 1. The number of benzene rings is 2. The summed E-state index contributed by atoms with van der Waals surface area (Å²) in [6.45, 7) is 3.49. The molecule has 0 unspecified atom stereocenters. The fourth-order valence-corrected chi connectivity index (χ4v) is 6.07. The molecular weight excluding hydrogens is 490 g/mol. The highest BCUT2D eigenvalue weighted by Gasteiger charge is 2.42. The number of anilines is 3. The third kappa shape index (κ3) is 4.94. The maximum atomic E-state index is 13.9. The van der Waals surface area contributed by atoms with Gasteiger partial charge in [0.2, 0.25) is 11.8 Å². The van der Waals surface area contributed by atoms with Gasteiger partial charge in [-0.15, -0.1) is 0 Å². The molecule has 11 heteroatoms. The van der Waals surface area contributed by atoms with Gasteiger partial charge in [-0.3, -0.25) is 13.9 Å². The van der Waals surface area contributed by atoms with Crippen molar-refractivity contribution in [3.05, 3.63) is 76.4 Å². The van der Waals surface area contributed by atoms with Gasteiger partial charge >= 0.3 is 0 Å². The van der Waals surface area contributed by atoms with Crippen LogP contribution in [0, 0.1) is 13.8 Å². The summed E-state index contributed by atoms with van der Waals surface area (Å²) in [6.07, 6.45) is 1.14. The Morgan fingerprint density at radius 1 is 1.17 bits per heavy atom. The van der Waals surface area contributed by atoms with E-state index >= 15 is 0 Å². The molecule has 1 aliphatic heterocycles. The van der Waals surface area contributed by atoms with Crippen molar-refractivity contribution in [3.8, 4) is 0 Å². The normalized spacial score (nSPS) is 15.3. The summed E-state index contributed by atoms with van der Waals surface area (Å²) in [5.74, 6) is -0.783. The molecule has 0 saturated carbocycles. The number of sulfonamides is 1. The predicted octanol–water partition coefficient (Wildman–Crippen LogP) is 3.16. The average Bonchev–Trinajstić information content (AvgIpc) is 2.80. The molecule has 35 heavy (non-hydrogen) atoms. The first kappa shape index (κ1) is 24.5. The van der Waals surface area contributed by atoms with Crippen molar-refractivity contribution in [1.29, 1.82) is 0 Å². The van der Waals surface area contributed by atoms with Crippen LogP contribution in [0.2, 0.25) is 5.02 Å². The van der Waals surface area contributed by atoms with E-state index < -0.39 is 27.9 Å². The number of hydrogen-bond donors (Lipinski definition) is 3. The van der Waals surface area contributed by atoms with Crippen LogP contribution in [-0.2, 0) is 26.2 Å². The van der Waals surface area contributed by atoms with Crippen molar-refractivity contribution in [3.63, 3.8) is 0 Å². The van der Waals surface area contributed by atoms with Crippen LogP contribution in [0.3, 0.4) is 0 Å². The van der Waals surface area contributed by atoms with Crippen LogP contribution in [0.4, 0.5) is 17.2 Å². The SMILES string of the molecule is Cc1cc(S(=O)(=O)N2c3ccccc3NC(=O)[C@H]2CC(=O)NCc2ccnc(N)c2)c(C)cc1Cl. The molecule has 0 bridgehead atoms. The number of nitrogens with two attached hydrogens (primary N) is 1. The molecule has 0 radical (unpaired) electrons. The van der Waals surface area contributed by atoms with Gasteiger partial charge in [0, 0.05) is 17.8 Å². The second-order valence-electron chi connectivity index (χ2n) is 8.26. The van der Waals surface area contributed by atoms with Crippen molar-refractivity contribution in [1.82, 2.24) is 10.3 Å². The smallest absolute Gasteiger partial charge is 0.265 e. The summed E-state index contributed by atoms with van der Waals surface area (Å²) in [4.78, 5) is 29.8. The number of amides is 2. The number of carbonyl (C=O) groups excluding carboxylic acids is 2. The molecule has 2 amide bonds. The van der Waals surface area contributed by atoms with Gasteiger partial charge in [-0.2, -0.15) is 0 Å². The number of para-hydroxylation sites is 2. The van der Waals surface area contributed by atoms with Crippen molar-refractivity contribution < 1.29 is 18.0 Å². The predicted molar refractivity (Wildman–Crippen MR) is 135 cm³/mol. The Labute approximate surface area is 208 Å². The van der Waals surface area contributed by atoms with Crippen LogP contribution in [0.15, 0.2) is 59.6 Å². The molecule has 1 aromatic heterocycles. The van der Waals surface area contributed by atoms with Gasteiger partial charge < -0.3 is 16.4 Å². The number of carbonyl (C=O) groups is 2. The highest BCUT2D eigenvalue weighted by molar-refractivity contribution is 7.93. The van der Waals surface area contributed by atoms with Crippen molar-refractivity contribution in [2.45, 2.75) is 37.8 Å². The van der Waals surface area contributed by atoms with E-state index in [0.29, 0.717) is 27.7 Å². The van der Waals surface area contributed by atoms with Gasteiger partial charge in [0.15, 0.2) is 0 Å². The van der Waals surface area contributed by atoms with E-state index in [1.165, 1.54) is 12.3 Å². The number of aryl methyl sites for hydroxylation is 2. The molecule has 0 spiro atoms. The lowest BCUT2D eigenvalue weighted by Gasteiger charge is -2.37. The lowest BCUT2D eigenvalue weighted by Crippen LogP contribution is -2.52. The molecule has 0 aliphatic carbocycles. The summed E-state index contributed by atoms with van der Waals surface area (Å²) in [5.41, 5.74) is 8.03. The van der Waals surface area contributed by atoms with E-state index in [4.69, 9.17) is 17.3 Å². The molecule has 2 aromatic carbocycles. The van der Waals surface area contributed by atoms with Crippen molar-refractivity contribution in [2.24, 2.45) is 0 Å². The fourth-order valence-electron chi connectivity index (χ4n) is 3.93. The first-order valence-corrected chi connectivity index (χ1v) is 12.6. The zero-order chi connectivity index (χ0) is 25.3. The molecule has 1 aliphatic rings. The van der Waals surface area contributed by atoms with E-state index in [1.54, 1.807) is 56.3 Å². The minimum absolute atomic E-state index is 0.0153. The van der Waals surface area contributed by atoms with Crippen LogP contribution in [0.1, 0.15) is 23.1 Å². The number of nitrogen functional groups attached to an aromatic ring is 1. The number of rotatable bonds is 6. The molecule has 4 N–H and O–H groups in total. The molecule has 1 atom stereocenters. The summed E-state index contributed by atoms with van der Waals surface area (Å²) in [6, 6.07) is 11.6. The van der Waals surface area contributed by atoms with Gasteiger partial charge in [-0.25, -0.2) is 13.4 Å². The maximum absolute atomic E-state index is 13.9. The standard InChI is InChI=1S/C24H24ClN5O4S/c1-14-10-21(15(2)9-17(14)25)35(33,34)30-19-6-4-3-5-18(19)29-24(32)20(30)12-23(31)28-13-16-7-8-27-22(26)11-16/h3-11,20H,12-13H2,1-2H3,(H2,26,27)(H,28,31)(H,29,32)/t20-/m1/s1. The monoisotopic (exact) mass is 513 g/mol. The van der Waals surface area contributed by atoms with Crippen LogP contribution < -0.4 is 20.7 Å². The Morgan fingerprint density at radius 2 is 1.91 bits per heavy atom. The Balaban J connectivity index is 1.69. The molecular formula is C24H24ClN5O4S. The second kappa shape index (κ2) is 9.55. The van der Waals surface area contributed by atoms with E-state index in [-0.39, 0.29) is 23.5 Å². The second-order valence-corrected chi connectivity index (χ2v) is 10.5. The summed E-state index contributed by atoms with van der Waals surface area (Å²) < 4.78 is 28.9. The Bertz CT molecular complexity index is 1430. The van der Waals surface area contributed by atoms with E-state index in [2.05, 4.69) is 15.6 Å². The van der Waals surface area contributed by atoms with Crippen LogP contribution >= 0.6 is 11.6 Å². The van der Waals surface area contributed by atoms with Gasteiger partial charge in [-0.05, 0) is 66.9 Å². The molecule has 9 nitrogen and oxygen atoms in total. The van der Waals surface area contributed by atoms with E-state index in [9.17, 15) is 18.0 Å². The molecule has 0 saturated heterocycles. The fraction of sp³-hybridized carbons (Fsp3) is 0.208. The van der Waals surface area contributed by atoms with Gasteiger partial charge in [0.05, 0.1) is 22.7 Å². The van der Waals surface area contributed by atoms with Crippen molar-refractivity contribution >= 4 is 50.6 Å². The van der Waals surface area contributed by atoms with Gasteiger partial charge in [-0.1, -0.05) is 23.7 Å². The lowest BCUT2D eigenvalue weighted by molar-refractivity contribution is -0.125. The summed E-state index contributed by atoms with van der Waals surface area (Å²) in [7, 11) is -4.24. The highest BCUT2D eigenvalue weighted by Crippen LogP contribution is 2.38. The molecule has 4 rings (SSSR count). The molecule has 182 valence electrons. The number of hydrogen-bond acceptors (Lipinski definition) is 6. The third-order valence-electron chi connectivity index (χ3n) is 5.69. The van der Waals surface area contributed by atoms with E-state index in [0.717, 1.165) is 9.87 Å². The van der Waals surface area contributed by atoms with Crippen LogP contribution in [0.25, 0.3) is 0 Å². The Hall–Kier alpha value is -3.63. The first-order chi connectivity index (χ1) is 16.6. The number of pyridine rings is 1. The summed E-state index contributed by atoms with van der Waals surface area (Å²) in [5, 5.41) is 5.87. The topological polar surface area (TPSA) is 134 Å². The zero-order valence-corrected chi connectivity index (χ0v) is 20.7. The largest absolute Gasteiger partial charge is 0.384 e. The number of nitrogens with zero attached hydrogens (tertiary/aromatic N) is 2. The highest BCUT2D eigenvalue weighted by atomic mass is 35.5. The maximum Gasteiger partial charge on any atom is 0.265 e. The number of aromatic nitrogens is 1. The zero-order valence-electron chi connectivity index (χ0n) is 19.1.